The van der Waals surface area contributed by atoms with Crippen molar-refractivity contribution in [3.8, 4) is 0 Å². The van der Waals surface area contributed by atoms with Crippen molar-refractivity contribution in [3.05, 3.63) is 0 Å². The predicted molar refractivity (Wildman–Crippen MR) is 68.1 cm³/mol. The van der Waals surface area contributed by atoms with Crippen LogP contribution < -0.4 is 5.32 Å². The van der Waals surface area contributed by atoms with E-state index in [0.717, 1.165) is 12.4 Å². The molecule has 2 nitrogen and oxygen atoms in total. The monoisotopic (exact) mass is 245 g/mol. The SMILES string of the molecule is CC1CCC(CNC2(CCl)CCCCC2)O1. The van der Waals surface area contributed by atoms with Crippen LogP contribution in [0.15, 0.2) is 0 Å². The first-order valence-corrected chi connectivity index (χ1v) is 7.24. The smallest absolute Gasteiger partial charge is 0.0704 e. The van der Waals surface area contributed by atoms with Gasteiger partial charge in [0.15, 0.2) is 0 Å². The van der Waals surface area contributed by atoms with E-state index < -0.39 is 0 Å². The third-order valence-corrected chi connectivity index (χ3v) is 4.60. The topological polar surface area (TPSA) is 21.3 Å². The van der Waals surface area contributed by atoms with Crippen LogP contribution in [0.5, 0.6) is 0 Å². The zero-order valence-electron chi connectivity index (χ0n) is 10.3. The highest BCUT2D eigenvalue weighted by Gasteiger charge is 2.32. The number of rotatable bonds is 4. The highest BCUT2D eigenvalue weighted by molar-refractivity contribution is 6.18. The Morgan fingerprint density at radius 3 is 2.56 bits per heavy atom. The van der Waals surface area contributed by atoms with Crippen LogP contribution in [0.1, 0.15) is 51.9 Å². The molecule has 1 aliphatic carbocycles. The molecule has 2 unspecified atom stereocenters. The van der Waals surface area contributed by atoms with Crippen molar-refractivity contribution in [1.82, 2.24) is 5.32 Å². The molecule has 0 amide bonds. The summed E-state index contributed by atoms with van der Waals surface area (Å²) in [7, 11) is 0. The van der Waals surface area contributed by atoms with E-state index in [4.69, 9.17) is 16.3 Å². The molecule has 94 valence electrons. The Morgan fingerprint density at radius 2 is 2.00 bits per heavy atom. The fraction of sp³-hybridized carbons (Fsp3) is 1.00. The van der Waals surface area contributed by atoms with Gasteiger partial charge in [-0.15, -0.1) is 11.6 Å². The third kappa shape index (κ3) is 3.12. The maximum atomic E-state index is 6.15. The Morgan fingerprint density at radius 1 is 1.25 bits per heavy atom. The van der Waals surface area contributed by atoms with Gasteiger partial charge in [-0.3, -0.25) is 0 Å². The first kappa shape index (κ1) is 12.7. The molecule has 0 radical (unpaired) electrons. The summed E-state index contributed by atoms with van der Waals surface area (Å²) in [5, 5.41) is 3.69. The molecular formula is C13H24ClNO. The van der Waals surface area contributed by atoms with E-state index >= 15 is 0 Å². The molecule has 0 spiro atoms. The van der Waals surface area contributed by atoms with Crippen LogP contribution in [-0.4, -0.2) is 30.2 Å². The summed E-state index contributed by atoms with van der Waals surface area (Å²) in [6.07, 6.45) is 9.76. The third-order valence-electron chi connectivity index (χ3n) is 4.09. The number of hydrogen-bond acceptors (Lipinski definition) is 2. The zero-order valence-corrected chi connectivity index (χ0v) is 11.1. The first-order valence-electron chi connectivity index (χ1n) is 6.70. The minimum atomic E-state index is 0.203. The molecule has 16 heavy (non-hydrogen) atoms. The Labute approximate surface area is 104 Å². The minimum absolute atomic E-state index is 0.203. The first-order chi connectivity index (χ1) is 7.74. The lowest BCUT2D eigenvalue weighted by Crippen LogP contribution is -2.51. The van der Waals surface area contributed by atoms with E-state index in [-0.39, 0.29) is 5.54 Å². The molecular weight excluding hydrogens is 222 g/mol. The van der Waals surface area contributed by atoms with Crippen LogP contribution in [0.25, 0.3) is 0 Å². The summed E-state index contributed by atoms with van der Waals surface area (Å²) in [5.74, 6) is 0.745. The van der Waals surface area contributed by atoms with Gasteiger partial charge in [0.2, 0.25) is 0 Å². The van der Waals surface area contributed by atoms with Gasteiger partial charge in [-0.1, -0.05) is 19.3 Å². The molecule has 0 aromatic heterocycles. The lowest BCUT2D eigenvalue weighted by molar-refractivity contribution is 0.0491. The number of halogens is 1. The predicted octanol–water partition coefficient (Wildman–Crippen LogP) is 3.09. The van der Waals surface area contributed by atoms with Crippen molar-refractivity contribution in [2.45, 2.75) is 69.6 Å². The van der Waals surface area contributed by atoms with Gasteiger partial charge in [-0.05, 0) is 32.6 Å². The fourth-order valence-electron chi connectivity index (χ4n) is 2.95. The van der Waals surface area contributed by atoms with Crippen molar-refractivity contribution in [1.29, 1.82) is 0 Å². The summed E-state index contributed by atoms with van der Waals surface area (Å²) >= 11 is 6.15. The van der Waals surface area contributed by atoms with Crippen LogP contribution in [0.4, 0.5) is 0 Å². The number of nitrogens with one attached hydrogen (secondary N) is 1. The molecule has 2 fully saturated rings. The van der Waals surface area contributed by atoms with Gasteiger partial charge in [0.05, 0.1) is 12.2 Å². The summed E-state index contributed by atoms with van der Waals surface area (Å²) in [5.41, 5.74) is 0.203. The number of alkyl halides is 1. The highest BCUT2D eigenvalue weighted by atomic mass is 35.5. The lowest BCUT2D eigenvalue weighted by Gasteiger charge is -2.37. The van der Waals surface area contributed by atoms with Crippen LogP contribution >= 0.6 is 11.6 Å². The quantitative estimate of drug-likeness (QED) is 0.769. The average molecular weight is 246 g/mol. The molecule has 0 aromatic rings. The number of ether oxygens (including phenoxy) is 1. The Balaban J connectivity index is 1.78. The van der Waals surface area contributed by atoms with E-state index in [2.05, 4.69) is 12.2 Å². The van der Waals surface area contributed by atoms with Gasteiger partial charge in [0.1, 0.15) is 0 Å². The molecule has 0 aromatic carbocycles. The summed E-state index contributed by atoms with van der Waals surface area (Å²) in [6, 6.07) is 0. The summed E-state index contributed by atoms with van der Waals surface area (Å²) < 4.78 is 5.84. The van der Waals surface area contributed by atoms with Crippen molar-refractivity contribution in [3.63, 3.8) is 0 Å². The van der Waals surface area contributed by atoms with E-state index in [0.29, 0.717) is 12.2 Å². The molecule has 1 aliphatic heterocycles. The molecule has 1 saturated carbocycles. The van der Waals surface area contributed by atoms with E-state index in [1.807, 2.05) is 0 Å². The normalized spacial score (nSPS) is 34.1. The standard InChI is InChI=1S/C13H24ClNO/c1-11-5-6-12(16-11)9-15-13(10-14)7-3-2-4-8-13/h11-12,15H,2-10H2,1H3. The largest absolute Gasteiger partial charge is 0.374 e. The molecule has 2 aliphatic rings. The second-order valence-electron chi connectivity index (χ2n) is 5.50. The van der Waals surface area contributed by atoms with Crippen molar-refractivity contribution >= 4 is 11.6 Å². The summed E-state index contributed by atoms with van der Waals surface area (Å²) in [4.78, 5) is 0. The van der Waals surface area contributed by atoms with Crippen molar-refractivity contribution in [2.75, 3.05) is 12.4 Å². The molecule has 2 rings (SSSR count). The lowest BCUT2D eigenvalue weighted by atomic mass is 9.83. The van der Waals surface area contributed by atoms with Gasteiger partial charge in [0.25, 0.3) is 0 Å². The Hall–Kier alpha value is 0.210. The van der Waals surface area contributed by atoms with Gasteiger partial charge in [0, 0.05) is 18.0 Å². The number of hydrogen-bond donors (Lipinski definition) is 1. The van der Waals surface area contributed by atoms with Gasteiger partial charge in [-0.25, -0.2) is 0 Å². The second-order valence-corrected chi connectivity index (χ2v) is 5.77. The Kier molecular flexibility index (Phi) is 4.51. The second kappa shape index (κ2) is 5.70. The van der Waals surface area contributed by atoms with E-state index in [9.17, 15) is 0 Å². The van der Waals surface area contributed by atoms with Gasteiger partial charge >= 0.3 is 0 Å². The fourth-order valence-corrected chi connectivity index (χ4v) is 3.31. The molecule has 2 atom stereocenters. The molecule has 0 bridgehead atoms. The molecule has 1 saturated heterocycles. The van der Waals surface area contributed by atoms with Gasteiger partial charge in [-0.2, -0.15) is 0 Å². The maximum absolute atomic E-state index is 6.15. The van der Waals surface area contributed by atoms with Gasteiger partial charge < -0.3 is 10.1 Å². The minimum Gasteiger partial charge on any atom is -0.374 e. The van der Waals surface area contributed by atoms with Crippen molar-refractivity contribution in [2.24, 2.45) is 0 Å². The molecule has 1 N–H and O–H groups in total. The maximum Gasteiger partial charge on any atom is 0.0704 e. The average Bonchev–Trinajstić information content (AvgIpc) is 2.74. The summed E-state index contributed by atoms with van der Waals surface area (Å²) in [6.45, 7) is 3.15. The van der Waals surface area contributed by atoms with E-state index in [1.54, 1.807) is 0 Å². The zero-order chi connectivity index (χ0) is 11.4. The van der Waals surface area contributed by atoms with Crippen LogP contribution in [0.2, 0.25) is 0 Å². The Bertz CT molecular complexity index is 216. The van der Waals surface area contributed by atoms with E-state index in [1.165, 1.54) is 44.9 Å². The van der Waals surface area contributed by atoms with Crippen LogP contribution in [-0.2, 0) is 4.74 Å². The van der Waals surface area contributed by atoms with Crippen LogP contribution in [0.3, 0.4) is 0 Å². The van der Waals surface area contributed by atoms with Crippen molar-refractivity contribution < 1.29 is 4.74 Å². The highest BCUT2D eigenvalue weighted by Crippen LogP contribution is 2.30. The van der Waals surface area contributed by atoms with Crippen LogP contribution in [0, 0.1) is 0 Å². The molecule has 1 heterocycles. The molecule has 3 heteroatoms.